The number of rotatable bonds is 7. The summed E-state index contributed by atoms with van der Waals surface area (Å²) in [5.74, 6) is 0.0192. The summed E-state index contributed by atoms with van der Waals surface area (Å²) in [6.07, 6.45) is 4.55. The van der Waals surface area contributed by atoms with Crippen molar-refractivity contribution in [1.29, 1.82) is 5.26 Å². The third kappa shape index (κ3) is 7.71. The fraction of sp³-hybridized carbons (Fsp3) is 0.636. The van der Waals surface area contributed by atoms with Crippen LogP contribution in [0.5, 0.6) is 0 Å². The molecule has 0 aliphatic rings. The molecule has 0 rings (SSSR count). The minimum atomic E-state index is 0.0192. The van der Waals surface area contributed by atoms with Crippen LogP contribution < -0.4 is 0 Å². The van der Waals surface area contributed by atoms with Crippen LogP contribution in [-0.4, -0.2) is 37.6 Å². The lowest BCUT2D eigenvalue weighted by molar-refractivity contribution is -0.130. The number of allylic oxidation sites excluding steroid dienone is 1. The number of amides is 1. The van der Waals surface area contributed by atoms with E-state index in [1.165, 1.54) is 0 Å². The summed E-state index contributed by atoms with van der Waals surface area (Å²) < 4.78 is 5.20. The van der Waals surface area contributed by atoms with Gasteiger partial charge in [-0.1, -0.05) is 12.2 Å². The SMILES string of the molecule is CC=CCOCCC(=O)N(C)CCC#N. The van der Waals surface area contributed by atoms with Crippen LogP contribution in [0.25, 0.3) is 0 Å². The monoisotopic (exact) mass is 210 g/mol. The Morgan fingerprint density at radius 3 is 2.93 bits per heavy atom. The van der Waals surface area contributed by atoms with E-state index in [1.807, 2.05) is 25.1 Å². The van der Waals surface area contributed by atoms with E-state index in [1.54, 1.807) is 11.9 Å². The van der Waals surface area contributed by atoms with E-state index in [-0.39, 0.29) is 5.91 Å². The fourth-order valence-corrected chi connectivity index (χ4v) is 0.940. The molecular weight excluding hydrogens is 192 g/mol. The highest BCUT2D eigenvalue weighted by molar-refractivity contribution is 5.75. The molecule has 15 heavy (non-hydrogen) atoms. The molecule has 0 saturated carbocycles. The average molecular weight is 210 g/mol. The van der Waals surface area contributed by atoms with E-state index in [2.05, 4.69) is 0 Å². The summed E-state index contributed by atoms with van der Waals surface area (Å²) in [6, 6.07) is 2.00. The van der Waals surface area contributed by atoms with Crippen LogP contribution in [0, 0.1) is 11.3 Å². The Hall–Kier alpha value is -1.34. The third-order valence-corrected chi connectivity index (χ3v) is 1.89. The average Bonchev–Trinajstić information content (AvgIpc) is 2.25. The van der Waals surface area contributed by atoms with Crippen molar-refractivity contribution in [2.24, 2.45) is 0 Å². The maximum atomic E-state index is 11.4. The van der Waals surface area contributed by atoms with E-state index in [4.69, 9.17) is 10.00 Å². The molecule has 0 atom stereocenters. The quantitative estimate of drug-likeness (QED) is 0.470. The highest BCUT2D eigenvalue weighted by atomic mass is 16.5. The van der Waals surface area contributed by atoms with Crippen LogP contribution in [0.3, 0.4) is 0 Å². The van der Waals surface area contributed by atoms with Gasteiger partial charge in [-0.2, -0.15) is 5.26 Å². The number of carbonyl (C=O) groups is 1. The van der Waals surface area contributed by atoms with Crippen molar-refractivity contribution in [1.82, 2.24) is 4.90 Å². The van der Waals surface area contributed by atoms with Crippen molar-refractivity contribution in [3.05, 3.63) is 12.2 Å². The van der Waals surface area contributed by atoms with Crippen molar-refractivity contribution in [2.45, 2.75) is 19.8 Å². The first kappa shape index (κ1) is 13.7. The normalized spacial score (nSPS) is 10.2. The Morgan fingerprint density at radius 1 is 1.60 bits per heavy atom. The molecule has 0 fully saturated rings. The van der Waals surface area contributed by atoms with E-state index in [9.17, 15) is 4.79 Å². The predicted molar refractivity (Wildman–Crippen MR) is 58.1 cm³/mol. The zero-order valence-electron chi connectivity index (χ0n) is 9.40. The lowest BCUT2D eigenvalue weighted by Crippen LogP contribution is -2.28. The molecule has 0 heterocycles. The summed E-state index contributed by atoms with van der Waals surface area (Å²) >= 11 is 0. The summed E-state index contributed by atoms with van der Waals surface area (Å²) in [4.78, 5) is 13.0. The zero-order chi connectivity index (χ0) is 11.5. The van der Waals surface area contributed by atoms with Crippen LogP contribution in [0.2, 0.25) is 0 Å². The van der Waals surface area contributed by atoms with Gasteiger partial charge in [0.1, 0.15) is 0 Å². The maximum absolute atomic E-state index is 11.4. The Bertz CT molecular complexity index is 243. The number of nitrogens with zero attached hydrogens (tertiary/aromatic N) is 2. The van der Waals surface area contributed by atoms with Crippen LogP contribution in [-0.2, 0) is 9.53 Å². The molecule has 0 aliphatic heterocycles. The number of hydrogen-bond donors (Lipinski definition) is 0. The molecular formula is C11H18N2O2. The molecule has 4 nitrogen and oxygen atoms in total. The predicted octanol–water partition coefficient (Wildman–Crippen LogP) is 1.34. The lowest BCUT2D eigenvalue weighted by Gasteiger charge is -2.14. The second-order valence-corrected chi connectivity index (χ2v) is 3.12. The van der Waals surface area contributed by atoms with Gasteiger partial charge in [-0.3, -0.25) is 4.79 Å². The summed E-state index contributed by atoms with van der Waals surface area (Å²) in [7, 11) is 1.70. The maximum Gasteiger partial charge on any atom is 0.224 e. The van der Waals surface area contributed by atoms with Crippen LogP contribution in [0.1, 0.15) is 19.8 Å². The Balaban J connectivity index is 3.51. The summed E-state index contributed by atoms with van der Waals surface area (Å²) in [5, 5.41) is 8.35. The molecule has 0 aliphatic carbocycles. The molecule has 0 radical (unpaired) electrons. The molecule has 84 valence electrons. The van der Waals surface area contributed by atoms with Crippen LogP contribution in [0.4, 0.5) is 0 Å². The molecule has 0 aromatic rings. The fourth-order valence-electron chi connectivity index (χ4n) is 0.940. The smallest absolute Gasteiger partial charge is 0.224 e. The van der Waals surface area contributed by atoms with Gasteiger partial charge in [0.15, 0.2) is 0 Å². The first-order valence-electron chi connectivity index (χ1n) is 5.02. The van der Waals surface area contributed by atoms with Gasteiger partial charge < -0.3 is 9.64 Å². The second kappa shape index (κ2) is 9.22. The zero-order valence-corrected chi connectivity index (χ0v) is 9.40. The number of nitriles is 1. The van der Waals surface area contributed by atoms with Crippen molar-refractivity contribution in [3.8, 4) is 6.07 Å². The molecule has 0 saturated heterocycles. The lowest BCUT2D eigenvalue weighted by atomic mass is 10.3. The van der Waals surface area contributed by atoms with Gasteiger partial charge in [0.2, 0.25) is 5.91 Å². The molecule has 0 N–H and O–H groups in total. The Kier molecular flexibility index (Phi) is 8.40. The molecule has 0 bridgehead atoms. The van der Waals surface area contributed by atoms with E-state index >= 15 is 0 Å². The van der Waals surface area contributed by atoms with E-state index in [0.717, 1.165) is 0 Å². The minimum absolute atomic E-state index is 0.0192. The van der Waals surface area contributed by atoms with Gasteiger partial charge >= 0.3 is 0 Å². The van der Waals surface area contributed by atoms with E-state index in [0.29, 0.717) is 32.6 Å². The number of ether oxygens (including phenoxy) is 1. The Morgan fingerprint density at radius 2 is 2.33 bits per heavy atom. The van der Waals surface area contributed by atoms with Crippen molar-refractivity contribution < 1.29 is 9.53 Å². The van der Waals surface area contributed by atoms with Gasteiger partial charge in [0, 0.05) is 13.6 Å². The minimum Gasteiger partial charge on any atom is -0.377 e. The van der Waals surface area contributed by atoms with Gasteiger partial charge in [0.25, 0.3) is 0 Å². The molecule has 0 spiro atoms. The van der Waals surface area contributed by atoms with Crippen molar-refractivity contribution in [2.75, 3.05) is 26.8 Å². The highest BCUT2D eigenvalue weighted by Crippen LogP contribution is 1.93. The van der Waals surface area contributed by atoms with Crippen LogP contribution >= 0.6 is 0 Å². The molecule has 0 aromatic carbocycles. The topological polar surface area (TPSA) is 53.3 Å². The van der Waals surface area contributed by atoms with Crippen LogP contribution in [0.15, 0.2) is 12.2 Å². The molecule has 1 amide bonds. The van der Waals surface area contributed by atoms with Gasteiger partial charge in [-0.25, -0.2) is 0 Å². The molecule has 0 unspecified atom stereocenters. The van der Waals surface area contributed by atoms with Gasteiger partial charge in [-0.05, 0) is 6.92 Å². The van der Waals surface area contributed by atoms with Gasteiger partial charge in [0.05, 0.1) is 32.1 Å². The second-order valence-electron chi connectivity index (χ2n) is 3.12. The van der Waals surface area contributed by atoms with E-state index < -0.39 is 0 Å². The molecule has 0 aromatic heterocycles. The van der Waals surface area contributed by atoms with Crippen molar-refractivity contribution in [3.63, 3.8) is 0 Å². The standard InChI is InChI=1S/C11H18N2O2/c1-3-4-9-15-10-6-11(14)13(2)8-5-7-12/h3-4H,5-6,8-10H2,1-2H3. The van der Waals surface area contributed by atoms with Gasteiger partial charge in [-0.15, -0.1) is 0 Å². The van der Waals surface area contributed by atoms with Crippen molar-refractivity contribution >= 4 is 5.91 Å². The first-order chi connectivity index (χ1) is 7.22. The summed E-state index contributed by atoms with van der Waals surface area (Å²) in [5.41, 5.74) is 0. The highest BCUT2D eigenvalue weighted by Gasteiger charge is 2.06. The number of carbonyl (C=O) groups excluding carboxylic acids is 1. The largest absolute Gasteiger partial charge is 0.377 e. The number of hydrogen-bond acceptors (Lipinski definition) is 3. The third-order valence-electron chi connectivity index (χ3n) is 1.89. The Labute approximate surface area is 91.1 Å². The molecule has 4 heteroatoms. The summed E-state index contributed by atoms with van der Waals surface area (Å²) in [6.45, 7) is 3.39. The first-order valence-corrected chi connectivity index (χ1v) is 5.02.